The summed E-state index contributed by atoms with van der Waals surface area (Å²) in [7, 11) is -3.72. The van der Waals surface area contributed by atoms with Crippen LogP contribution in [0.2, 0.25) is 0 Å². The average Bonchev–Trinajstić information content (AvgIpc) is 2.88. The largest absolute Gasteiger partial charge is 0.297 e. The predicted molar refractivity (Wildman–Crippen MR) is 86.5 cm³/mol. The molecule has 1 aliphatic carbocycles. The van der Waals surface area contributed by atoms with Crippen molar-refractivity contribution in [1.82, 2.24) is 4.98 Å². The number of aryl methyl sites for hydroxylation is 2. The number of nitrogens with zero attached hydrogens (tertiary/aromatic N) is 1. The van der Waals surface area contributed by atoms with Crippen LogP contribution in [0.15, 0.2) is 29.2 Å². The summed E-state index contributed by atoms with van der Waals surface area (Å²) < 4.78 is 29.5. The van der Waals surface area contributed by atoms with E-state index in [0.717, 1.165) is 29.1 Å². The van der Waals surface area contributed by atoms with Crippen molar-refractivity contribution in [2.45, 2.75) is 44.6 Å². The SMILES string of the molecule is Cc1ccc(S(=O)(=O)OCc2nc3c(s2)CCC(C)C3)cc1. The molecule has 0 saturated heterocycles. The third-order valence-electron chi connectivity index (χ3n) is 3.88. The summed E-state index contributed by atoms with van der Waals surface area (Å²) in [6, 6.07) is 6.66. The molecule has 22 heavy (non-hydrogen) atoms. The van der Waals surface area contributed by atoms with Crippen molar-refractivity contribution in [2.75, 3.05) is 0 Å². The Morgan fingerprint density at radius 1 is 1.32 bits per heavy atom. The Kier molecular flexibility index (Phi) is 4.34. The molecule has 3 rings (SSSR count). The molecule has 4 nitrogen and oxygen atoms in total. The zero-order chi connectivity index (χ0) is 15.7. The Morgan fingerprint density at radius 2 is 2.05 bits per heavy atom. The Bertz CT molecular complexity index is 763. The number of rotatable bonds is 4. The number of hydrogen-bond acceptors (Lipinski definition) is 5. The monoisotopic (exact) mass is 337 g/mol. The van der Waals surface area contributed by atoms with E-state index in [1.165, 1.54) is 11.3 Å². The maximum absolute atomic E-state index is 12.2. The zero-order valence-corrected chi connectivity index (χ0v) is 14.3. The number of hydrogen-bond donors (Lipinski definition) is 0. The van der Waals surface area contributed by atoms with Gasteiger partial charge in [-0.05, 0) is 44.2 Å². The molecule has 0 fully saturated rings. The van der Waals surface area contributed by atoms with Crippen molar-refractivity contribution < 1.29 is 12.6 Å². The van der Waals surface area contributed by atoms with E-state index in [-0.39, 0.29) is 11.5 Å². The van der Waals surface area contributed by atoms with Crippen molar-refractivity contribution in [3.8, 4) is 0 Å². The van der Waals surface area contributed by atoms with E-state index in [1.54, 1.807) is 35.6 Å². The second-order valence-corrected chi connectivity index (χ2v) is 8.64. The molecule has 1 aromatic heterocycles. The molecule has 0 N–H and O–H groups in total. The van der Waals surface area contributed by atoms with E-state index in [4.69, 9.17) is 4.18 Å². The maximum Gasteiger partial charge on any atom is 0.297 e. The fraction of sp³-hybridized carbons (Fsp3) is 0.438. The van der Waals surface area contributed by atoms with Gasteiger partial charge in [0.1, 0.15) is 11.6 Å². The van der Waals surface area contributed by atoms with Crippen LogP contribution < -0.4 is 0 Å². The molecule has 118 valence electrons. The topological polar surface area (TPSA) is 56.3 Å². The second-order valence-electron chi connectivity index (χ2n) is 5.85. The van der Waals surface area contributed by atoms with Gasteiger partial charge >= 0.3 is 0 Å². The molecule has 1 aliphatic rings. The smallest absolute Gasteiger partial charge is 0.259 e. The molecule has 0 spiro atoms. The summed E-state index contributed by atoms with van der Waals surface area (Å²) >= 11 is 1.58. The van der Waals surface area contributed by atoms with Gasteiger partial charge < -0.3 is 0 Å². The van der Waals surface area contributed by atoms with Gasteiger partial charge in [0.2, 0.25) is 0 Å². The molecule has 0 radical (unpaired) electrons. The molecule has 1 unspecified atom stereocenters. The molecule has 6 heteroatoms. The first-order chi connectivity index (χ1) is 10.4. The molecule has 0 amide bonds. The molecule has 0 bridgehead atoms. The number of aromatic nitrogens is 1. The highest BCUT2D eigenvalue weighted by molar-refractivity contribution is 7.86. The highest BCUT2D eigenvalue weighted by Gasteiger charge is 2.21. The third-order valence-corrected chi connectivity index (χ3v) is 6.28. The number of fused-ring (bicyclic) bond motifs is 1. The lowest BCUT2D eigenvalue weighted by Crippen LogP contribution is -2.09. The molecule has 2 aromatic rings. The number of benzene rings is 1. The van der Waals surface area contributed by atoms with E-state index < -0.39 is 10.1 Å². The molecule has 1 heterocycles. The molecule has 0 aliphatic heterocycles. The Morgan fingerprint density at radius 3 is 2.77 bits per heavy atom. The van der Waals surface area contributed by atoms with Gasteiger partial charge in [-0.3, -0.25) is 4.18 Å². The van der Waals surface area contributed by atoms with Gasteiger partial charge in [-0.25, -0.2) is 4.98 Å². The van der Waals surface area contributed by atoms with Gasteiger partial charge in [0.25, 0.3) is 10.1 Å². The Hall–Kier alpha value is -1.24. The van der Waals surface area contributed by atoms with Gasteiger partial charge in [0, 0.05) is 4.88 Å². The van der Waals surface area contributed by atoms with Gasteiger partial charge in [-0.2, -0.15) is 8.42 Å². The lowest BCUT2D eigenvalue weighted by molar-refractivity contribution is 0.307. The van der Waals surface area contributed by atoms with E-state index in [9.17, 15) is 8.42 Å². The highest BCUT2D eigenvalue weighted by atomic mass is 32.2. The molecule has 0 saturated carbocycles. The van der Waals surface area contributed by atoms with Crippen molar-refractivity contribution in [2.24, 2.45) is 5.92 Å². The fourth-order valence-corrected chi connectivity index (χ4v) is 4.54. The Balaban J connectivity index is 1.71. The summed E-state index contributed by atoms with van der Waals surface area (Å²) in [5.41, 5.74) is 2.13. The zero-order valence-electron chi connectivity index (χ0n) is 12.7. The van der Waals surface area contributed by atoms with Crippen LogP contribution in [-0.2, 0) is 33.7 Å². The summed E-state index contributed by atoms with van der Waals surface area (Å²) in [6.45, 7) is 4.15. The van der Waals surface area contributed by atoms with Crippen molar-refractivity contribution in [3.05, 3.63) is 45.4 Å². The van der Waals surface area contributed by atoms with Gasteiger partial charge in [-0.1, -0.05) is 24.6 Å². The first kappa shape index (κ1) is 15.6. The van der Waals surface area contributed by atoms with Crippen LogP contribution in [0.4, 0.5) is 0 Å². The van der Waals surface area contributed by atoms with Crippen LogP contribution in [0.3, 0.4) is 0 Å². The minimum atomic E-state index is -3.72. The molecule has 1 aromatic carbocycles. The molecular weight excluding hydrogens is 318 g/mol. The van der Waals surface area contributed by atoms with Crippen LogP contribution >= 0.6 is 11.3 Å². The lowest BCUT2D eigenvalue weighted by atomic mass is 9.93. The third kappa shape index (κ3) is 3.39. The summed E-state index contributed by atoms with van der Waals surface area (Å²) in [4.78, 5) is 6.01. The molecular formula is C16H19NO3S2. The fourth-order valence-electron chi connectivity index (χ4n) is 2.56. The van der Waals surface area contributed by atoms with E-state index >= 15 is 0 Å². The maximum atomic E-state index is 12.2. The van der Waals surface area contributed by atoms with Crippen LogP contribution in [0, 0.1) is 12.8 Å². The standard InChI is InChI=1S/C16H19NO3S2/c1-11-3-6-13(7-4-11)22(18,19)20-10-16-17-14-9-12(2)5-8-15(14)21-16/h3-4,6-7,12H,5,8-10H2,1-2H3. The van der Waals surface area contributed by atoms with Crippen LogP contribution in [-0.4, -0.2) is 13.4 Å². The quantitative estimate of drug-likeness (QED) is 0.802. The van der Waals surface area contributed by atoms with Crippen LogP contribution in [0.25, 0.3) is 0 Å². The summed E-state index contributed by atoms with van der Waals surface area (Å²) in [6.07, 6.45) is 3.20. The average molecular weight is 337 g/mol. The first-order valence-electron chi connectivity index (χ1n) is 7.37. The van der Waals surface area contributed by atoms with Crippen LogP contribution in [0.1, 0.15) is 34.5 Å². The minimum absolute atomic E-state index is 0.0161. The summed E-state index contributed by atoms with van der Waals surface area (Å²) in [5, 5.41) is 0.745. The van der Waals surface area contributed by atoms with Gasteiger partial charge in [-0.15, -0.1) is 11.3 Å². The second kappa shape index (κ2) is 6.10. The normalized spacial score (nSPS) is 18.2. The van der Waals surface area contributed by atoms with Crippen molar-refractivity contribution >= 4 is 21.5 Å². The van der Waals surface area contributed by atoms with E-state index in [0.29, 0.717) is 5.92 Å². The summed E-state index contributed by atoms with van der Waals surface area (Å²) in [5.74, 6) is 0.652. The van der Waals surface area contributed by atoms with Gasteiger partial charge in [0.15, 0.2) is 0 Å². The lowest BCUT2D eigenvalue weighted by Gasteiger charge is -2.15. The van der Waals surface area contributed by atoms with Crippen LogP contribution in [0.5, 0.6) is 0 Å². The van der Waals surface area contributed by atoms with Crippen molar-refractivity contribution in [3.63, 3.8) is 0 Å². The van der Waals surface area contributed by atoms with Crippen molar-refractivity contribution in [1.29, 1.82) is 0 Å². The minimum Gasteiger partial charge on any atom is -0.259 e. The highest BCUT2D eigenvalue weighted by Crippen LogP contribution is 2.30. The Labute approximate surface area is 135 Å². The number of thiazole rings is 1. The van der Waals surface area contributed by atoms with E-state index in [2.05, 4.69) is 11.9 Å². The van der Waals surface area contributed by atoms with Gasteiger partial charge in [0.05, 0.1) is 10.6 Å². The predicted octanol–water partition coefficient (Wildman–Crippen LogP) is 3.48. The van der Waals surface area contributed by atoms with E-state index in [1.807, 2.05) is 6.92 Å². The molecule has 1 atom stereocenters. The first-order valence-corrected chi connectivity index (χ1v) is 9.60.